The van der Waals surface area contributed by atoms with Crippen LogP contribution in [0.1, 0.15) is 47.6 Å². The van der Waals surface area contributed by atoms with Crippen molar-refractivity contribution in [3.05, 3.63) is 74.5 Å². The second kappa shape index (κ2) is 6.25. The van der Waals surface area contributed by atoms with E-state index in [-0.39, 0.29) is 23.4 Å². The van der Waals surface area contributed by atoms with Crippen LogP contribution in [0.4, 0.5) is 4.39 Å². The van der Waals surface area contributed by atoms with E-state index in [9.17, 15) is 19.4 Å². The van der Waals surface area contributed by atoms with Crippen LogP contribution in [-0.4, -0.2) is 19.8 Å². The Kier molecular flexibility index (Phi) is 3.96. The molecule has 1 unspecified atom stereocenters. The van der Waals surface area contributed by atoms with Crippen molar-refractivity contribution in [2.75, 3.05) is 0 Å². The molecule has 5 nitrogen and oxygen atoms in total. The molecule has 0 radical (unpaired) electrons. The first-order valence-electron chi connectivity index (χ1n) is 10.3. The highest BCUT2D eigenvalue weighted by Crippen LogP contribution is 2.42. The standard InChI is InChI=1S/C24H23FN2O3/c1-4-24(30,13(3)28)14-8-20-23-17(11-27(20)21(29)9-14)16-7-5-6-15-12(2)18(25)10-19(26-23)22(15)16/h8-10,28,30H,3-7,11H2,1-2H3. The maximum atomic E-state index is 14.6. The average Bonchev–Trinajstić information content (AvgIpc) is 3.10. The van der Waals surface area contributed by atoms with Gasteiger partial charge in [0.25, 0.3) is 5.56 Å². The third-order valence-corrected chi connectivity index (χ3v) is 6.82. The van der Waals surface area contributed by atoms with Crippen molar-refractivity contribution >= 4 is 10.9 Å². The van der Waals surface area contributed by atoms with E-state index in [4.69, 9.17) is 4.98 Å². The molecule has 1 aromatic carbocycles. The molecule has 0 fully saturated rings. The maximum absolute atomic E-state index is 14.6. The number of aromatic nitrogens is 2. The summed E-state index contributed by atoms with van der Waals surface area (Å²) in [7, 11) is 0. The summed E-state index contributed by atoms with van der Waals surface area (Å²) in [6.07, 6.45) is 2.79. The van der Waals surface area contributed by atoms with E-state index in [0.717, 1.165) is 41.3 Å². The van der Waals surface area contributed by atoms with Gasteiger partial charge in [-0.15, -0.1) is 0 Å². The van der Waals surface area contributed by atoms with Crippen molar-refractivity contribution < 1.29 is 14.6 Å². The Morgan fingerprint density at radius 2 is 2.00 bits per heavy atom. The molecule has 1 aliphatic carbocycles. The molecule has 6 heteroatoms. The number of rotatable bonds is 3. The van der Waals surface area contributed by atoms with Crippen molar-refractivity contribution in [1.82, 2.24) is 9.55 Å². The van der Waals surface area contributed by atoms with Gasteiger partial charge in [0.1, 0.15) is 17.2 Å². The number of aliphatic hydroxyl groups is 2. The predicted octanol–water partition coefficient (Wildman–Crippen LogP) is 4.03. The molecule has 0 bridgehead atoms. The van der Waals surface area contributed by atoms with Gasteiger partial charge in [0.2, 0.25) is 0 Å². The summed E-state index contributed by atoms with van der Waals surface area (Å²) in [5.74, 6) is -0.671. The van der Waals surface area contributed by atoms with E-state index in [2.05, 4.69) is 6.58 Å². The zero-order valence-corrected chi connectivity index (χ0v) is 17.0. The third-order valence-electron chi connectivity index (χ3n) is 6.82. The monoisotopic (exact) mass is 406 g/mol. The van der Waals surface area contributed by atoms with Crippen LogP contribution in [0, 0.1) is 12.7 Å². The molecule has 2 aliphatic rings. The number of benzene rings is 1. The molecule has 154 valence electrons. The molecule has 0 saturated heterocycles. The Morgan fingerprint density at radius 3 is 2.70 bits per heavy atom. The highest BCUT2D eigenvalue weighted by atomic mass is 19.1. The maximum Gasteiger partial charge on any atom is 0.251 e. The first-order valence-corrected chi connectivity index (χ1v) is 10.3. The Labute approximate surface area is 173 Å². The number of nitrogens with zero attached hydrogens (tertiary/aromatic N) is 2. The molecule has 0 amide bonds. The number of hydrogen-bond donors (Lipinski definition) is 2. The first-order chi connectivity index (χ1) is 14.3. The number of aliphatic hydroxyl groups excluding tert-OH is 1. The number of fused-ring (bicyclic) bond motifs is 4. The summed E-state index contributed by atoms with van der Waals surface area (Å²) in [6.45, 7) is 7.41. The summed E-state index contributed by atoms with van der Waals surface area (Å²) >= 11 is 0. The van der Waals surface area contributed by atoms with Crippen LogP contribution >= 0.6 is 0 Å². The van der Waals surface area contributed by atoms with Crippen LogP contribution < -0.4 is 5.56 Å². The van der Waals surface area contributed by atoms with Gasteiger partial charge in [-0.1, -0.05) is 13.5 Å². The van der Waals surface area contributed by atoms with Gasteiger partial charge in [-0.2, -0.15) is 0 Å². The van der Waals surface area contributed by atoms with E-state index in [1.807, 2.05) is 6.92 Å². The van der Waals surface area contributed by atoms with Crippen molar-refractivity contribution in [3.8, 4) is 11.4 Å². The fourth-order valence-electron chi connectivity index (χ4n) is 5.03. The van der Waals surface area contributed by atoms with Gasteiger partial charge in [0.05, 0.1) is 23.4 Å². The summed E-state index contributed by atoms with van der Waals surface area (Å²) in [4.78, 5) is 17.7. The molecule has 1 aliphatic heterocycles. The minimum atomic E-state index is -1.71. The summed E-state index contributed by atoms with van der Waals surface area (Å²) in [5, 5.41) is 21.9. The smallest absolute Gasteiger partial charge is 0.251 e. The fourth-order valence-corrected chi connectivity index (χ4v) is 5.03. The molecule has 3 heterocycles. The van der Waals surface area contributed by atoms with Crippen LogP contribution in [-0.2, 0) is 25.0 Å². The SMILES string of the molecule is C=C(O)C(O)(CC)c1cc2n(c(=O)c1)Cc1c-2nc2cc(F)c(C)c3c2c1CCC3. The van der Waals surface area contributed by atoms with Gasteiger partial charge in [-0.25, -0.2) is 9.37 Å². The lowest BCUT2D eigenvalue weighted by molar-refractivity contribution is 0.0289. The Morgan fingerprint density at radius 1 is 1.27 bits per heavy atom. The molecular formula is C24H23FN2O3. The molecule has 2 N–H and O–H groups in total. The highest BCUT2D eigenvalue weighted by molar-refractivity contribution is 5.92. The lowest BCUT2D eigenvalue weighted by Gasteiger charge is -2.26. The van der Waals surface area contributed by atoms with Gasteiger partial charge in [-0.3, -0.25) is 4.79 Å². The lowest BCUT2D eigenvalue weighted by Crippen LogP contribution is -2.30. The van der Waals surface area contributed by atoms with Crippen molar-refractivity contribution in [1.29, 1.82) is 0 Å². The molecule has 3 aromatic rings. The molecule has 2 aromatic heterocycles. The minimum Gasteiger partial charge on any atom is -0.509 e. The fraction of sp³-hybridized carbons (Fsp3) is 0.333. The van der Waals surface area contributed by atoms with E-state index in [0.29, 0.717) is 29.0 Å². The largest absolute Gasteiger partial charge is 0.509 e. The summed E-state index contributed by atoms with van der Waals surface area (Å²) < 4.78 is 16.2. The summed E-state index contributed by atoms with van der Waals surface area (Å²) in [6, 6.07) is 4.52. The van der Waals surface area contributed by atoms with Crippen molar-refractivity contribution in [2.24, 2.45) is 0 Å². The lowest BCUT2D eigenvalue weighted by atomic mass is 9.84. The zero-order valence-electron chi connectivity index (χ0n) is 17.0. The minimum absolute atomic E-state index is 0.169. The Bertz CT molecular complexity index is 1320. The number of hydrogen-bond acceptors (Lipinski definition) is 4. The van der Waals surface area contributed by atoms with E-state index < -0.39 is 11.4 Å². The first kappa shape index (κ1) is 19.0. The van der Waals surface area contributed by atoms with E-state index in [1.54, 1.807) is 17.6 Å². The third kappa shape index (κ3) is 2.37. The highest BCUT2D eigenvalue weighted by Gasteiger charge is 2.35. The number of halogens is 1. The molecular weight excluding hydrogens is 383 g/mol. The second-order valence-electron chi connectivity index (χ2n) is 8.34. The van der Waals surface area contributed by atoms with Gasteiger partial charge in [0.15, 0.2) is 0 Å². The summed E-state index contributed by atoms with van der Waals surface area (Å²) in [5.41, 5.74) is 3.95. The Hall–Kier alpha value is -2.99. The molecule has 0 spiro atoms. The van der Waals surface area contributed by atoms with Crippen LogP contribution in [0.2, 0.25) is 0 Å². The van der Waals surface area contributed by atoms with Gasteiger partial charge in [0, 0.05) is 23.1 Å². The van der Waals surface area contributed by atoms with Crippen molar-refractivity contribution in [2.45, 2.75) is 51.7 Å². The van der Waals surface area contributed by atoms with Gasteiger partial charge in [-0.05, 0) is 60.9 Å². The number of pyridine rings is 2. The van der Waals surface area contributed by atoms with Gasteiger partial charge < -0.3 is 14.8 Å². The molecule has 0 saturated carbocycles. The molecule has 5 rings (SSSR count). The van der Waals surface area contributed by atoms with Crippen molar-refractivity contribution in [3.63, 3.8) is 0 Å². The zero-order chi connectivity index (χ0) is 21.4. The van der Waals surface area contributed by atoms with Gasteiger partial charge >= 0.3 is 0 Å². The quantitative estimate of drug-likeness (QED) is 0.504. The van der Waals surface area contributed by atoms with E-state index in [1.165, 1.54) is 12.1 Å². The predicted molar refractivity (Wildman–Crippen MR) is 113 cm³/mol. The second-order valence-corrected chi connectivity index (χ2v) is 8.34. The van der Waals surface area contributed by atoms with Crippen LogP contribution in [0.15, 0.2) is 35.3 Å². The van der Waals surface area contributed by atoms with Crippen LogP contribution in [0.25, 0.3) is 22.3 Å². The van der Waals surface area contributed by atoms with Crippen LogP contribution in [0.3, 0.4) is 0 Å². The van der Waals surface area contributed by atoms with E-state index >= 15 is 0 Å². The average molecular weight is 406 g/mol. The normalized spacial score (nSPS) is 16.3. The number of aryl methyl sites for hydroxylation is 2. The van der Waals surface area contributed by atoms with Crippen LogP contribution in [0.5, 0.6) is 0 Å². The topological polar surface area (TPSA) is 75.3 Å². The molecule has 1 atom stereocenters. The molecule has 30 heavy (non-hydrogen) atoms. The Balaban J connectivity index is 1.82.